The number of thiazole rings is 1. The molecule has 0 saturated heterocycles. The van der Waals surface area contributed by atoms with E-state index in [1.807, 2.05) is 5.38 Å². The Labute approximate surface area is 72.4 Å². The lowest BCUT2D eigenvalue weighted by Gasteiger charge is -1.92. The molecule has 0 atom stereocenters. The first-order valence-corrected chi connectivity index (χ1v) is 4.59. The maximum Gasteiger partial charge on any atom is 0.159 e. The van der Waals surface area contributed by atoms with Gasteiger partial charge in [-0.15, -0.1) is 11.3 Å². The van der Waals surface area contributed by atoms with Gasteiger partial charge in [0.2, 0.25) is 0 Å². The molecule has 0 unspecified atom stereocenters. The molecule has 0 amide bonds. The highest BCUT2D eigenvalue weighted by Crippen LogP contribution is 2.15. The van der Waals surface area contributed by atoms with Gasteiger partial charge in [0.05, 0.1) is 12.3 Å². The minimum Gasteiger partial charge on any atom is -0.384 e. The van der Waals surface area contributed by atoms with Crippen molar-refractivity contribution in [3.63, 3.8) is 0 Å². The monoisotopic (exact) mass is 221 g/mol. The molecule has 10 heavy (non-hydrogen) atoms. The van der Waals surface area contributed by atoms with E-state index in [1.165, 1.54) is 0 Å². The van der Waals surface area contributed by atoms with Gasteiger partial charge in [-0.2, -0.15) is 0 Å². The molecule has 1 aromatic rings. The molecule has 0 aliphatic heterocycles. The first-order chi connectivity index (χ1) is 4.83. The van der Waals surface area contributed by atoms with Gasteiger partial charge in [0.15, 0.2) is 3.92 Å². The first kappa shape index (κ1) is 8.17. The van der Waals surface area contributed by atoms with Gasteiger partial charge in [0.1, 0.15) is 0 Å². The first-order valence-electron chi connectivity index (χ1n) is 2.92. The molecule has 0 bridgehead atoms. The Morgan fingerprint density at radius 2 is 2.60 bits per heavy atom. The number of nitrogens with zero attached hydrogens (tertiary/aromatic N) is 1. The normalized spacial score (nSPS) is 10.2. The van der Waals surface area contributed by atoms with Crippen molar-refractivity contribution < 1.29 is 4.74 Å². The van der Waals surface area contributed by atoms with E-state index in [1.54, 1.807) is 18.4 Å². The van der Waals surface area contributed by atoms with Crippen LogP contribution in [0.2, 0.25) is 0 Å². The van der Waals surface area contributed by atoms with E-state index < -0.39 is 0 Å². The molecule has 1 rings (SSSR count). The summed E-state index contributed by atoms with van der Waals surface area (Å²) in [6.45, 7) is 0.746. The van der Waals surface area contributed by atoms with Crippen molar-refractivity contribution >= 4 is 27.3 Å². The second kappa shape index (κ2) is 4.05. The highest BCUT2D eigenvalue weighted by molar-refractivity contribution is 9.11. The molecule has 0 radical (unpaired) electrons. The molecule has 0 aromatic carbocycles. The zero-order valence-corrected chi connectivity index (χ0v) is 8.04. The van der Waals surface area contributed by atoms with E-state index in [9.17, 15) is 0 Å². The third-order valence-electron chi connectivity index (χ3n) is 1.09. The lowest BCUT2D eigenvalue weighted by Crippen LogP contribution is -1.93. The predicted molar refractivity (Wildman–Crippen MR) is 45.4 cm³/mol. The van der Waals surface area contributed by atoms with Gasteiger partial charge in [-0.3, -0.25) is 0 Å². The molecule has 0 saturated carbocycles. The highest BCUT2D eigenvalue weighted by atomic mass is 79.9. The van der Waals surface area contributed by atoms with Crippen LogP contribution in [0.4, 0.5) is 0 Å². The van der Waals surface area contributed by atoms with Crippen LogP contribution in [0.25, 0.3) is 0 Å². The summed E-state index contributed by atoms with van der Waals surface area (Å²) in [6, 6.07) is 0. The second-order valence-electron chi connectivity index (χ2n) is 1.83. The standard InChI is InChI=1S/C6H8BrNOS/c1-9-3-2-5-4-10-6(7)8-5/h4H,2-3H2,1H3. The van der Waals surface area contributed by atoms with Crippen molar-refractivity contribution in [3.05, 3.63) is 15.0 Å². The van der Waals surface area contributed by atoms with Crippen molar-refractivity contribution in [2.45, 2.75) is 6.42 Å². The summed E-state index contributed by atoms with van der Waals surface area (Å²) in [4.78, 5) is 4.20. The van der Waals surface area contributed by atoms with Crippen molar-refractivity contribution in [2.75, 3.05) is 13.7 Å². The molecule has 1 heterocycles. The quantitative estimate of drug-likeness (QED) is 0.781. The zero-order chi connectivity index (χ0) is 7.40. The molecule has 2 nitrogen and oxygen atoms in total. The van der Waals surface area contributed by atoms with Crippen LogP contribution in [0.1, 0.15) is 5.69 Å². The summed E-state index contributed by atoms with van der Waals surface area (Å²) in [5.41, 5.74) is 1.10. The summed E-state index contributed by atoms with van der Waals surface area (Å²) < 4.78 is 5.85. The van der Waals surface area contributed by atoms with Crippen LogP contribution in [0, 0.1) is 0 Å². The van der Waals surface area contributed by atoms with Gasteiger partial charge in [-0.05, 0) is 15.9 Å². The fraction of sp³-hybridized carbons (Fsp3) is 0.500. The van der Waals surface area contributed by atoms with E-state index in [-0.39, 0.29) is 0 Å². The van der Waals surface area contributed by atoms with Gasteiger partial charge in [-0.1, -0.05) is 0 Å². The van der Waals surface area contributed by atoms with Gasteiger partial charge >= 0.3 is 0 Å². The van der Waals surface area contributed by atoms with Crippen LogP contribution in [0.3, 0.4) is 0 Å². The van der Waals surface area contributed by atoms with Crippen LogP contribution in [0.5, 0.6) is 0 Å². The maximum atomic E-state index is 4.90. The Hall–Kier alpha value is 0.0700. The zero-order valence-electron chi connectivity index (χ0n) is 5.63. The molecule has 0 N–H and O–H groups in total. The molecule has 0 aliphatic rings. The summed E-state index contributed by atoms with van der Waals surface area (Å²) in [5, 5.41) is 2.03. The van der Waals surface area contributed by atoms with Crippen LogP contribution in [-0.4, -0.2) is 18.7 Å². The molecular formula is C6H8BrNOS. The minimum absolute atomic E-state index is 0.746. The van der Waals surface area contributed by atoms with Crippen LogP contribution in [-0.2, 0) is 11.2 Å². The van der Waals surface area contributed by atoms with Gasteiger partial charge < -0.3 is 4.74 Å². The van der Waals surface area contributed by atoms with E-state index in [0.717, 1.165) is 22.6 Å². The molecular weight excluding hydrogens is 214 g/mol. The number of rotatable bonds is 3. The summed E-state index contributed by atoms with van der Waals surface area (Å²) in [6.07, 6.45) is 0.901. The number of methoxy groups -OCH3 is 1. The lowest BCUT2D eigenvalue weighted by molar-refractivity contribution is 0.201. The van der Waals surface area contributed by atoms with Crippen LogP contribution < -0.4 is 0 Å². The second-order valence-corrected chi connectivity index (χ2v) is 3.97. The van der Waals surface area contributed by atoms with Crippen molar-refractivity contribution in [1.29, 1.82) is 0 Å². The fourth-order valence-corrected chi connectivity index (χ4v) is 1.69. The Morgan fingerprint density at radius 1 is 1.80 bits per heavy atom. The van der Waals surface area contributed by atoms with Crippen molar-refractivity contribution in [3.8, 4) is 0 Å². The summed E-state index contributed by atoms with van der Waals surface area (Å²) in [7, 11) is 1.70. The van der Waals surface area contributed by atoms with Crippen LogP contribution in [0.15, 0.2) is 9.30 Å². The number of ether oxygens (including phenoxy) is 1. The Balaban J connectivity index is 2.42. The predicted octanol–water partition coefficient (Wildman–Crippen LogP) is 2.09. The topological polar surface area (TPSA) is 22.1 Å². The van der Waals surface area contributed by atoms with Crippen molar-refractivity contribution in [2.24, 2.45) is 0 Å². The fourth-order valence-electron chi connectivity index (χ4n) is 0.604. The number of hydrogen-bond donors (Lipinski definition) is 0. The van der Waals surface area contributed by atoms with Crippen LogP contribution >= 0.6 is 27.3 Å². The van der Waals surface area contributed by atoms with Gasteiger partial charge in [0.25, 0.3) is 0 Å². The Morgan fingerprint density at radius 3 is 3.10 bits per heavy atom. The minimum atomic E-state index is 0.746. The number of aromatic nitrogens is 1. The molecule has 0 spiro atoms. The SMILES string of the molecule is COCCc1csc(Br)n1. The number of hydrogen-bond acceptors (Lipinski definition) is 3. The smallest absolute Gasteiger partial charge is 0.159 e. The van der Waals surface area contributed by atoms with E-state index >= 15 is 0 Å². The Kier molecular flexibility index (Phi) is 3.31. The highest BCUT2D eigenvalue weighted by Gasteiger charge is 1.96. The summed E-state index contributed by atoms with van der Waals surface area (Å²) in [5.74, 6) is 0. The molecule has 4 heteroatoms. The van der Waals surface area contributed by atoms with E-state index in [0.29, 0.717) is 0 Å². The molecule has 56 valence electrons. The van der Waals surface area contributed by atoms with Gasteiger partial charge in [-0.25, -0.2) is 4.98 Å². The number of halogens is 1. The largest absolute Gasteiger partial charge is 0.384 e. The summed E-state index contributed by atoms with van der Waals surface area (Å²) >= 11 is 4.90. The van der Waals surface area contributed by atoms with Gasteiger partial charge in [0, 0.05) is 18.9 Å². The van der Waals surface area contributed by atoms with Crippen molar-refractivity contribution in [1.82, 2.24) is 4.98 Å². The molecule has 1 aromatic heterocycles. The van der Waals surface area contributed by atoms with E-state index in [4.69, 9.17) is 4.74 Å². The Bertz CT molecular complexity index is 201. The van der Waals surface area contributed by atoms with E-state index in [2.05, 4.69) is 20.9 Å². The molecule has 0 fully saturated rings. The third-order valence-corrected chi connectivity index (χ3v) is 2.50. The lowest BCUT2D eigenvalue weighted by atomic mass is 10.4. The third kappa shape index (κ3) is 2.36. The average Bonchev–Trinajstić information content (AvgIpc) is 2.31. The molecule has 0 aliphatic carbocycles. The maximum absolute atomic E-state index is 4.90. The average molecular weight is 222 g/mol.